The van der Waals surface area contributed by atoms with Crippen LogP contribution >= 0.6 is 0 Å². The number of hydrogen-bond donors (Lipinski definition) is 1. The van der Waals surface area contributed by atoms with Crippen LogP contribution in [0, 0.1) is 13.8 Å². The molecule has 0 saturated heterocycles. The van der Waals surface area contributed by atoms with E-state index in [0.717, 1.165) is 22.3 Å². The third kappa shape index (κ3) is 3.16. The number of hydrogen-bond acceptors (Lipinski definition) is 5. The molecule has 2 aromatic heterocycles. The molecule has 130 valence electrons. The first-order valence-corrected chi connectivity index (χ1v) is 8.64. The van der Waals surface area contributed by atoms with Gasteiger partial charge in [-0.1, -0.05) is 47.1 Å². The summed E-state index contributed by atoms with van der Waals surface area (Å²) in [5.74, 6) is 1.83. The van der Waals surface area contributed by atoms with E-state index in [1.54, 1.807) is 6.92 Å². The normalized spacial score (nSPS) is 12.3. The first kappa shape index (κ1) is 16.3. The van der Waals surface area contributed by atoms with Crippen LogP contribution in [0.4, 0.5) is 5.82 Å². The zero-order valence-electron chi connectivity index (χ0n) is 15.0. The minimum Gasteiger partial charge on any atom is -0.363 e. The Kier molecular flexibility index (Phi) is 4.13. The summed E-state index contributed by atoms with van der Waals surface area (Å²) in [4.78, 5) is 9.23. The second-order valence-corrected chi connectivity index (χ2v) is 6.49. The van der Waals surface area contributed by atoms with Crippen molar-refractivity contribution in [2.24, 2.45) is 0 Å². The van der Waals surface area contributed by atoms with Crippen molar-refractivity contribution in [3.05, 3.63) is 71.6 Å². The SMILES string of the molecule is Cc1ccc2nc(N[C@@H](C)c3ccccc3)c(-c3noc(C)n3)cc2c1. The highest BCUT2D eigenvalue weighted by Gasteiger charge is 2.16. The fraction of sp³-hybridized carbons (Fsp3) is 0.190. The van der Waals surface area contributed by atoms with Crippen molar-refractivity contribution in [1.29, 1.82) is 0 Å². The fourth-order valence-corrected chi connectivity index (χ4v) is 3.02. The highest BCUT2D eigenvalue weighted by molar-refractivity contribution is 5.88. The second-order valence-electron chi connectivity index (χ2n) is 6.49. The average Bonchev–Trinajstić information content (AvgIpc) is 3.08. The summed E-state index contributed by atoms with van der Waals surface area (Å²) in [6.07, 6.45) is 0. The van der Waals surface area contributed by atoms with E-state index < -0.39 is 0 Å². The van der Waals surface area contributed by atoms with Gasteiger partial charge in [-0.05, 0) is 37.6 Å². The molecule has 1 atom stereocenters. The molecule has 0 aliphatic carbocycles. The van der Waals surface area contributed by atoms with Crippen molar-refractivity contribution < 1.29 is 4.52 Å². The minimum absolute atomic E-state index is 0.0957. The molecule has 26 heavy (non-hydrogen) atoms. The van der Waals surface area contributed by atoms with Gasteiger partial charge >= 0.3 is 0 Å². The molecule has 1 N–H and O–H groups in total. The van der Waals surface area contributed by atoms with E-state index in [2.05, 4.69) is 59.6 Å². The lowest BCUT2D eigenvalue weighted by Gasteiger charge is -2.17. The maximum atomic E-state index is 5.18. The monoisotopic (exact) mass is 344 g/mol. The summed E-state index contributed by atoms with van der Waals surface area (Å²) in [7, 11) is 0. The van der Waals surface area contributed by atoms with Crippen LogP contribution < -0.4 is 5.32 Å². The highest BCUT2D eigenvalue weighted by Crippen LogP contribution is 2.31. The Morgan fingerprint density at radius 2 is 1.77 bits per heavy atom. The Morgan fingerprint density at radius 3 is 2.50 bits per heavy atom. The predicted octanol–water partition coefficient (Wildman–Crippen LogP) is 5.07. The number of pyridine rings is 1. The Morgan fingerprint density at radius 1 is 0.962 bits per heavy atom. The molecular weight excluding hydrogens is 324 g/mol. The lowest BCUT2D eigenvalue weighted by atomic mass is 10.1. The van der Waals surface area contributed by atoms with Gasteiger partial charge in [0.25, 0.3) is 0 Å². The number of nitrogens with zero attached hydrogens (tertiary/aromatic N) is 3. The molecule has 5 nitrogen and oxygen atoms in total. The molecule has 4 rings (SSSR count). The zero-order chi connectivity index (χ0) is 18.1. The predicted molar refractivity (Wildman–Crippen MR) is 103 cm³/mol. The van der Waals surface area contributed by atoms with E-state index in [-0.39, 0.29) is 6.04 Å². The van der Waals surface area contributed by atoms with Gasteiger partial charge in [-0.15, -0.1) is 0 Å². The summed E-state index contributed by atoms with van der Waals surface area (Å²) in [6, 6.07) is 18.7. The van der Waals surface area contributed by atoms with Crippen LogP contribution in [0.5, 0.6) is 0 Å². The van der Waals surface area contributed by atoms with E-state index in [9.17, 15) is 0 Å². The molecular formula is C21H20N4O. The van der Waals surface area contributed by atoms with E-state index in [0.29, 0.717) is 11.7 Å². The van der Waals surface area contributed by atoms with Crippen LogP contribution in [0.1, 0.15) is 30.0 Å². The summed E-state index contributed by atoms with van der Waals surface area (Å²) in [5.41, 5.74) is 4.14. The van der Waals surface area contributed by atoms with Crippen LogP contribution in [0.3, 0.4) is 0 Å². The molecule has 0 spiro atoms. The van der Waals surface area contributed by atoms with Crippen molar-refractivity contribution in [2.75, 3.05) is 5.32 Å². The van der Waals surface area contributed by atoms with Crippen LogP contribution in [0.15, 0.2) is 59.1 Å². The number of fused-ring (bicyclic) bond motifs is 1. The van der Waals surface area contributed by atoms with Crippen LogP contribution in [0.2, 0.25) is 0 Å². The molecule has 4 aromatic rings. The van der Waals surface area contributed by atoms with Crippen molar-refractivity contribution in [3.63, 3.8) is 0 Å². The molecule has 2 heterocycles. The lowest BCUT2D eigenvalue weighted by Crippen LogP contribution is -2.09. The molecule has 0 aliphatic rings. The van der Waals surface area contributed by atoms with Crippen molar-refractivity contribution in [2.45, 2.75) is 26.8 Å². The van der Waals surface area contributed by atoms with E-state index in [1.165, 1.54) is 11.1 Å². The molecule has 0 aliphatic heterocycles. The molecule has 5 heteroatoms. The Hall–Kier alpha value is -3.21. The van der Waals surface area contributed by atoms with Gasteiger partial charge in [0.05, 0.1) is 11.1 Å². The summed E-state index contributed by atoms with van der Waals surface area (Å²) >= 11 is 0. The van der Waals surface area contributed by atoms with Gasteiger partial charge < -0.3 is 9.84 Å². The molecule has 0 amide bonds. The number of nitrogens with one attached hydrogen (secondary N) is 1. The largest absolute Gasteiger partial charge is 0.363 e. The molecule has 0 bridgehead atoms. The standard InChI is InChI=1S/C21H20N4O/c1-13-9-10-19-17(11-13)12-18(21-23-15(3)26-25-21)20(24-19)22-14(2)16-7-5-4-6-8-16/h4-12,14H,1-3H3,(H,22,24)/t14-/m0/s1. The quantitative estimate of drug-likeness (QED) is 0.559. The first-order valence-electron chi connectivity index (χ1n) is 8.64. The van der Waals surface area contributed by atoms with Crippen molar-refractivity contribution in [3.8, 4) is 11.4 Å². The van der Waals surface area contributed by atoms with Crippen LogP contribution in [-0.4, -0.2) is 15.1 Å². The van der Waals surface area contributed by atoms with Gasteiger partial charge in [0.2, 0.25) is 11.7 Å². The Labute approximate surface area is 152 Å². The van der Waals surface area contributed by atoms with Gasteiger partial charge in [0.1, 0.15) is 5.82 Å². The van der Waals surface area contributed by atoms with Crippen molar-refractivity contribution >= 4 is 16.7 Å². The van der Waals surface area contributed by atoms with Gasteiger partial charge in [-0.2, -0.15) is 4.98 Å². The van der Waals surface area contributed by atoms with Gasteiger partial charge in [0, 0.05) is 18.4 Å². The molecule has 0 fully saturated rings. The van der Waals surface area contributed by atoms with Crippen LogP contribution in [-0.2, 0) is 0 Å². The van der Waals surface area contributed by atoms with Crippen molar-refractivity contribution in [1.82, 2.24) is 15.1 Å². The molecule has 0 unspecified atom stereocenters. The number of aromatic nitrogens is 3. The first-order chi connectivity index (χ1) is 12.6. The van der Waals surface area contributed by atoms with Gasteiger partial charge in [0.15, 0.2) is 0 Å². The Balaban J connectivity index is 1.82. The summed E-state index contributed by atoms with van der Waals surface area (Å²) in [5, 5.41) is 8.65. The van der Waals surface area contributed by atoms with Gasteiger partial charge in [-0.3, -0.25) is 0 Å². The molecule has 2 aromatic carbocycles. The number of benzene rings is 2. The van der Waals surface area contributed by atoms with E-state index in [1.807, 2.05) is 24.3 Å². The number of rotatable bonds is 4. The van der Waals surface area contributed by atoms with Crippen LogP contribution in [0.25, 0.3) is 22.3 Å². The molecule has 0 radical (unpaired) electrons. The lowest BCUT2D eigenvalue weighted by molar-refractivity contribution is 0.394. The third-order valence-electron chi connectivity index (χ3n) is 4.39. The zero-order valence-corrected chi connectivity index (χ0v) is 15.0. The number of anilines is 1. The fourth-order valence-electron chi connectivity index (χ4n) is 3.02. The maximum absolute atomic E-state index is 5.18. The highest BCUT2D eigenvalue weighted by atomic mass is 16.5. The average molecular weight is 344 g/mol. The maximum Gasteiger partial charge on any atom is 0.223 e. The summed E-state index contributed by atoms with van der Waals surface area (Å²) in [6.45, 7) is 5.97. The third-order valence-corrected chi connectivity index (χ3v) is 4.39. The molecule has 0 saturated carbocycles. The minimum atomic E-state index is 0.0957. The summed E-state index contributed by atoms with van der Waals surface area (Å²) < 4.78 is 5.18. The number of aryl methyl sites for hydroxylation is 2. The second kappa shape index (κ2) is 6.59. The van der Waals surface area contributed by atoms with E-state index >= 15 is 0 Å². The van der Waals surface area contributed by atoms with Gasteiger partial charge in [-0.25, -0.2) is 4.98 Å². The van der Waals surface area contributed by atoms with E-state index in [4.69, 9.17) is 9.51 Å². The topological polar surface area (TPSA) is 63.8 Å². The smallest absolute Gasteiger partial charge is 0.223 e. The Bertz CT molecular complexity index is 1060.